The van der Waals surface area contributed by atoms with E-state index >= 15 is 0 Å². The smallest absolute Gasteiger partial charge is 0.164 e. The molecule has 0 saturated carbocycles. The molecule has 227 valence electrons. The topological polar surface area (TPSA) is 63.1 Å². The predicted molar refractivity (Wildman–Crippen MR) is 177 cm³/mol. The third-order valence-corrected chi connectivity index (χ3v) is 8.50. The van der Waals surface area contributed by atoms with Gasteiger partial charge in [0.1, 0.15) is 11.6 Å². The SMILES string of the molecule is CCC(C)(C)C(=O)/C=C(\O)C(C)(C)CC.Cc1[c-]c(-c2nc(C)nc3c2ccc2c4ccccc4ccc23)cc(C)c1.[Ir]. The van der Waals surface area contributed by atoms with Crippen LogP contribution in [0, 0.1) is 37.7 Å². The number of hydrogen-bond donors (Lipinski definition) is 1. The van der Waals surface area contributed by atoms with Crippen LogP contribution in [0.25, 0.3) is 43.7 Å². The number of ketones is 1. The first-order valence-corrected chi connectivity index (χ1v) is 14.8. The number of aliphatic hydroxyl groups excluding tert-OH is 1. The third-order valence-electron chi connectivity index (χ3n) is 8.50. The molecular formula is C38H43IrN2O2-. The molecule has 0 unspecified atom stereocenters. The summed E-state index contributed by atoms with van der Waals surface area (Å²) in [6.45, 7) is 17.8. The van der Waals surface area contributed by atoms with Gasteiger partial charge in [0.15, 0.2) is 5.78 Å². The van der Waals surface area contributed by atoms with Gasteiger partial charge in [-0.1, -0.05) is 104 Å². The molecule has 1 radical (unpaired) electrons. The van der Waals surface area contributed by atoms with Gasteiger partial charge in [-0.25, -0.2) is 4.98 Å². The van der Waals surface area contributed by atoms with Crippen molar-refractivity contribution in [2.45, 2.75) is 75.2 Å². The van der Waals surface area contributed by atoms with Crippen LogP contribution in [0.3, 0.4) is 0 Å². The second kappa shape index (κ2) is 13.5. The van der Waals surface area contributed by atoms with Gasteiger partial charge in [-0.05, 0) is 47.0 Å². The zero-order chi connectivity index (χ0) is 30.8. The number of hydrogen-bond acceptors (Lipinski definition) is 4. The predicted octanol–water partition coefficient (Wildman–Crippen LogP) is 10.2. The van der Waals surface area contributed by atoms with Crippen LogP contribution >= 0.6 is 0 Å². The fraction of sp³-hybridized carbons (Fsp3) is 0.342. The van der Waals surface area contributed by atoms with Crippen LogP contribution in [0.1, 0.15) is 71.3 Å². The van der Waals surface area contributed by atoms with Crippen molar-refractivity contribution < 1.29 is 30.0 Å². The number of fused-ring (bicyclic) bond motifs is 5. The average Bonchev–Trinajstić information content (AvgIpc) is 2.96. The van der Waals surface area contributed by atoms with Crippen LogP contribution in [-0.2, 0) is 24.9 Å². The number of benzene rings is 4. The van der Waals surface area contributed by atoms with Gasteiger partial charge in [-0.3, -0.25) is 9.78 Å². The summed E-state index contributed by atoms with van der Waals surface area (Å²) in [4.78, 5) is 21.4. The summed E-state index contributed by atoms with van der Waals surface area (Å²) in [7, 11) is 0. The second-order valence-electron chi connectivity index (χ2n) is 12.6. The number of aliphatic hydroxyl groups is 1. The first-order valence-electron chi connectivity index (χ1n) is 14.8. The standard InChI is InChI=1S/C25H19N2.C13H24O2.Ir/c1-15-12-16(2)14-19(13-15)24-23-11-10-21-20-7-5-4-6-18(20)8-9-22(21)25(23)27-17(3)26-24;1-7-12(3,4)10(14)9-11(15)13(5,6)8-2;/h4-13H,1-3H3;9,14H,7-8H2,1-6H3;/q-1;;/b;10-9-;. The van der Waals surface area contributed by atoms with Crippen LogP contribution in [0.15, 0.2) is 72.5 Å². The molecule has 43 heavy (non-hydrogen) atoms. The molecule has 1 N–H and O–H groups in total. The molecule has 0 fully saturated rings. The normalized spacial score (nSPS) is 12.2. The van der Waals surface area contributed by atoms with Crippen molar-refractivity contribution >= 4 is 38.2 Å². The van der Waals surface area contributed by atoms with Crippen LogP contribution in [0.5, 0.6) is 0 Å². The Hall–Kier alpha value is -3.40. The zero-order valence-corrected chi connectivity index (χ0v) is 29.2. The van der Waals surface area contributed by atoms with Crippen LogP contribution in [0.2, 0.25) is 0 Å². The molecule has 0 spiro atoms. The van der Waals surface area contributed by atoms with Crippen molar-refractivity contribution in [3.05, 3.63) is 95.5 Å². The summed E-state index contributed by atoms with van der Waals surface area (Å²) < 4.78 is 0. The third kappa shape index (κ3) is 7.40. The molecule has 0 amide bonds. The van der Waals surface area contributed by atoms with E-state index in [0.717, 1.165) is 46.4 Å². The Kier molecular flexibility index (Phi) is 10.7. The average molecular weight is 752 g/mol. The molecule has 0 aliphatic rings. The molecule has 0 aliphatic heterocycles. The molecule has 5 aromatic rings. The largest absolute Gasteiger partial charge is 0.512 e. The molecule has 0 aliphatic carbocycles. The van der Waals surface area contributed by atoms with E-state index in [9.17, 15) is 9.90 Å². The number of carbonyl (C=O) groups is 1. The van der Waals surface area contributed by atoms with Gasteiger partial charge >= 0.3 is 0 Å². The fourth-order valence-corrected chi connectivity index (χ4v) is 4.89. The molecule has 5 rings (SSSR count). The first kappa shape index (κ1) is 34.1. The number of carbonyl (C=O) groups excluding carboxylic acids is 1. The Balaban J connectivity index is 0.000000274. The molecule has 0 saturated heterocycles. The van der Waals surface area contributed by atoms with E-state index in [1.165, 1.54) is 33.2 Å². The molecule has 0 atom stereocenters. The molecule has 0 bridgehead atoms. The Labute approximate surface area is 270 Å². The van der Waals surface area contributed by atoms with E-state index in [4.69, 9.17) is 9.97 Å². The summed E-state index contributed by atoms with van der Waals surface area (Å²) in [5.41, 5.74) is 4.66. The Morgan fingerprint density at radius 1 is 0.814 bits per heavy atom. The first-order chi connectivity index (χ1) is 19.8. The van der Waals surface area contributed by atoms with Gasteiger partial charge < -0.3 is 5.11 Å². The number of allylic oxidation sites excluding steroid dienone is 2. The molecule has 4 nitrogen and oxygen atoms in total. The quantitative estimate of drug-likeness (QED) is 0.0812. The summed E-state index contributed by atoms with van der Waals surface area (Å²) in [5.74, 6) is 0.978. The molecule has 5 heteroatoms. The van der Waals surface area contributed by atoms with Crippen molar-refractivity contribution in [3.63, 3.8) is 0 Å². The zero-order valence-electron chi connectivity index (χ0n) is 26.8. The van der Waals surface area contributed by atoms with Gasteiger partial charge in [-0.2, -0.15) is 0 Å². The number of rotatable bonds is 6. The second-order valence-corrected chi connectivity index (χ2v) is 12.6. The van der Waals surface area contributed by atoms with E-state index in [1.807, 2.05) is 48.5 Å². The van der Waals surface area contributed by atoms with Gasteiger partial charge in [0.25, 0.3) is 0 Å². The van der Waals surface area contributed by atoms with E-state index in [0.29, 0.717) is 0 Å². The van der Waals surface area contributed by atoms with Gasteiger partial charge in [0, 0.05) is 42.4 Å². The van der Waals surface area contributed by atoms with Gasteiger partial charge in [-0.15, -0.1) is 34.9 Å². The minimum Gasteiger partial charge on any atom is -0.512 e. The maximum Gasteiger partial charge on any atom is 0.164 e. The van der Waals surface area contributed by atoms with Crippen molar-refractivity contribution in [3.8, 4) is 11.3 Å². The minimum absolute atomic E-state index is 0. The minimum atomic E-state index is -0.377. The van der Waals surface area contributed by atoms with Gasteiger partial charge in [0.2, 0.25) is 0 Å². The Morgan fingerprint density at radius 2 is 1.44 bits per heavy atom. The maximum absolute atomic E-state index is 11.8. The number of aryl methyl sites for hydroxylation is 3. The Bertz CT molecular complexity index is 1800. The molecular weight excluding hydrogens is 709 g/mol. The van der Waals surface area contributed by atoms with Crippen molar-refractivity contribution in [2.75, 3.05) is 0 Å². The van der Waals surface area contributed by atoms with Crippen molar-refractivity contribution in [2.24, 2.45) is 10.8 Å². The monoisotopic (exact) mass is 752 g/mol. The summed E-state index contributed by atoms with van der Waals surface area (Å²) in [6.07, 6.45) is 2.99. The van der Waals surface area contributed by atoms with Crippen LogP contribution in [-0.4, -0.2) is 20.9 Å². The molecule has 1 heterocycles. The van der Waals surface area contributed by atoms with Gasteiger partial charge in [0.05, 0.1) is 5.52 Å². The van der Waals surface area contributed by atoms with E-state index in [-0.39, 0.29) is 42.5 Å². The maximum atomic E-state index is 11.8. The van der Waals surface area contributed by atoms with Crippen molar-refractivity contribution in [1.82, 2.24) is 9.97 Å². The van der Waals surface area contributed by atoms with Crippen LogP contribution < -0.4 is 0 Å². The summed E-state index contributed by atoms with van der Waals surface area (Å²) in [5, 5.41) is 15.8. The van der Waals surface area contributed by atoms with E-state index in [1.54, 1.807) is 0 Å². The number of aromatic nitrogens is 2. The summed E-state index contributed by atoms with van der Waals surface area (Å²) >= 11 is 0. The van der Waals surface area contributed by atoms with Crippen molar-refractivity contribution in [1.29, 1.82) is 0 Å². The number of nitrogens with zero attached hydrogens (tertiary/aromatic N) is 2. The fourth-order valence-electron chi connectivity index (χ4n) is 4.89. The van der Waals surface area contributed by atoms with E-state index < -0.39 is 0 Å². The molecule has 1 aromatic heterocycles. The Morgan fingerprint density at radius 3 is 2.09 bits per heavy atom. The van der Waals surface area contributed by atoms with Crippen LogP contribution in [0.4, 0.5) is 0 Å². The molecule has 4 aromatic carbocycles. The van der Waals surface area contributed by atoms with E-state index in [2.05, 4.69) is 80.6 Å². The summed E-state index contributed by atoms with van der Waals surface area (Å²) in [6, 6.07) is 25.0.